The van der Waals surface area contributed by atoms with Crippen molar-refractivity contribution in [2.24, 2.45) is 11.3 Å². The van der Waals surface area contributed by atoms with E-state index in [2.05, 4.69) is 24.5 Å². The molecular weight excluding hydrogens is 384 g/mol. The number of aryl methyl sites for hydroxylation is 2. The Morgan fingerprint density at radius 1 is 1.17 bits per heavy atom. The number of benzene rings is 1. The highest BCUT2D eigenvalue weighted by atomic mass is 32.1. The van der Waals surface area contributed by atoms with Crippen molar-refractivity contribution in [1.29, 1.82) is 0 Å². The molecular formula is C23H30N2O3S. The van der Waals surface area contributed by atoms with Crippen LogP contribution in [0.2, 0.25) is 0 Å². The number of carbonyl (C=O) groups excluding carboxylic acids is 2. The van der Waals surface area contributed by atoms with Crippen molar-refractivity contribution < 1.29 is 14.3 Å². The Bertz CT molecular complexity index is 898. The highest BCUT2D eigenvalue weighted by molar-refractivity contribution is 7.17. The van der Waals surface area contributed by atoms with E-state index in [4.69, 9.17) is 4.74 Å². The summed E-state index contributed by atoms with van der Waals surface area (Å²) in [5, 5.41) is 6.30. The van der Waals surface area contributed by atoms with Gasteiger partial charge in [0, 0.05) is 10.6 Å². The maximum absolute atomic E-state index is 12.9. The minimum absolute atomic E-state index is 0.128. The third kappa shape index (κ3) is 5.38. The van der Waals surface area contributed by atoms with Crippen LogP contribution in [-0.4, -0.2) is 18.6 Å². The second kappa shape index (κ2) is 8.57. The molecule has 0 saturated heterocycles. The van der Waals surface area contributed by atoms with Gasteiger partial charge in [-0.1, -0.05) is 45.4 Å². The molecule has 2 amide bonds. The third-order valence-electron chi connectivity index (χ3n) is 5.06. The fourth-order valence-corrected chi connectivity index (χ4v) is 4.64. The van der Waals surface area contributed by atoms with Crippen LogP contribution in [0.4, 0.5) is 15.5 Å². The van der Waals surface area contributed by atoms with Gasteiger partial charge in [-0.25, -0.2) is 9.59 Å². The maximum Gasteiger partial charge on any atom is 0.341 e. The molecule has 1 aliphatic rings. The Morgan fingerprint density at radius 3 is 2.52 bits per heavy atom. The van der Waals surface area contributed by atoms with E-state index in [0.717, 1.165) is 30.4 Å². The predicted octanol–water partition coefficient (Wildman–Crippen LogP) is 6.03. The molecule has 6 heteroatoms. The average molecular weight is 415 g/mol. The van der Waals surface area contributed by atoms with Crippen molar-refractivity contribution in [3.8, 4) is 0 Å². The van der Waals surface area contributed by atoms with Crippen LogP contribution in [0.15, 0.2) is 24.3 Å². The Hall–Kier alpha value is -2.34. The lowest BCUT2D eigenvalue weighted by molar-refractivity contribution is 0.0458. The minimum Gasteiger partial charge on any atom is -0.462 e. The molecule has 0 fully saturated rings. The highest BCUT2D eigenvalue weighted by Crippen LogP contribution is 2.44. The number of hydrogen-bond acceptors (Lipinski definition) is 4. The number of ether oxygens (including phenoxy) is 1. The van der Waals surface area contributed by atoms with Crippen LogP contribution in [0, 0.1) is 18.3 Å². The smallest absolute Gasteiger partial charge is 0.341 e. The summed E-state index contributed by atoms with van der Waals surface area (Å²) < 4.78 is 5.53. The van der Waals surface area contributed by atoms with Crippen LogP contribution >= 0.6 is 11.3 Å². The second-order valence-corrected chi connectivity index (χ2v) is 10.1. The van der Waals surface area contributed by atoms with Gasteiger partial charge in [0.1, 0.15) is 5.00 Å². The molecule has 0 bridgehead atoms. The first-order valence-electron chi connectivity index (χ1n) is 10.1. The van der Waals surface area contributed by atoms with E-state index >= 15 is 0 Å². The molecule has 2 N–H and O–H groups in total. The molecule has 0 radical (unpaired) electrons. The SMILES string of the molecule is Cc1ccc(NC(=O)Nc2sc3c(c2C(=O)OCC(C)C)CC(C)(C)CC3)cc1. The first-order valence-corrected chi connectivity index (χ1v) is 10.9. The van der Waals surface area contributed by atoms with Crippen LogP contribution in [0.3, 0.4) is 0 Å². The van der Waals surface area contributed by atoms with Crippen LogP contribution in [0.25, 0.3) is 0 Å². The van der Waals surface area contributed by atoms with Gasteiger partial charge in [0.2, 0.25) is 0 Å². The first kappa shape index (κ1) is 21.4. The quantitative estimate of drug-likeness (QED) is 0.587. The molecule has 0 atom stereocenters. The van der Waals surface area contributed by atoms with Crippen LogP contribution in [0.1, 0.15) is 60.5 Å². The van der Waals surface area contributed by atoms with Crippen molar-refractivity contribution in [2.75, 3.05) is 17.2 Å². The van der Waals surface area contributed by atoms with Gasteiger partial charge in [-0.15, -0.1) is 11.3 Å². The number of anilines is 2. The van der Waals surface area contributed by atoms with Crippen molar-refractivity contribution in [3.05, 3.63) is 45.8 Å². The van der Waals surface area contributed by atoms with Gasteiger partial charge in [-0.2, -0.15) is 0 Å². The fourth-order valence-electron chi connectivity index (χ4n) is 3.44. The minimum atomic E-state index is -0.357. The summed E-state index contributed by atoms with van der Waals surface area (Å²) in [6, 6.07) is 7.24. The van der Waals surface area contributed by atoms with E-state index in [1.54, 1.807) is 0 Å². The lowest BCUT2D eigenvalue weighted by atomic mass is 9.76. The van der Waals surface area contributed by atoms with E-state index in [1.807, 2.05) is 45.0 Å². The number of rotatable bonds is 5. The van der Waals surface area contributed by atoms with E-state index in [0.29, 0.717) is 22.9 Å². The van der Waals surface area contributed by atoms with Crippen molar-refractivity contribution in [3.63, 3.8) is 0 Å². The number of fused-ring (bicyclic) bond motifs is 1. The zero-order chi connectivity index (χ0) is 21.2. The van der Waals surface area contributed by atoms with E-state index < -0.39 is 0 Å². The normalized spacial score (nSPS) is 15.0. The second-order valence-electron chi connectivity index (χ2n) is 8.99. The summed E-state index contributed by atoms with van der Waals surface area (Å²) in [4.78, 5) is 26.7. The van der Waals surface area contributed by atoms with Crippen LogP contribution in [-0.2, 0) is 17.6 Å². The average Bonchev–Trinajstić information content (AvgIpc) is 2.97. The van der Waals surface area contributed by atoms with E-state index in [1.165, 1.54) is 16.2 Å². The van der Waals surface area contributed by atoms with Crippen LogP contribution in [0.5, 0.6) is 0 Å². The molecule has 0 spiro atoms. The Balaban J connectivity index is 1.85. The van der Waals surface area contributed by atoms with Crippen molar-refractivity contribution in [2.45, 2.75) is 53.9 Å². The summed E-state index contributed by atoms with van der Waals surface area (Å²) in [6.07, 6.45) is 2.79. The summed E-state index contributed by atoms with van der Waals surface area (Å²) in [5.41, 5.74) is 3.52. The summed E-state index contributed by atoms with van der Waals surface area (Å²) in [7, 11) is 0. The lowest BCUT2D eigenvalue weighted by Gasteiger charge is -2.29. The topological polar surface area (TPSA) is 67.4 Å². The molecule has 156 valence electrons. The molecule has 0 aliphatic heterocycles. The monoisotopic (exact) mass is 414 g/mol. The van der Waals surface area contributed by atoms with Crippen molar-refractivity contribution >= 4 is 34.0 Å². The predicted molar refractivity (Wildman–Crippen MR) is 119 cm³/mol. The van der Waals surface area contributed by atoms with E-state index in [9.17, 15) is 9.59 Å². The molecule has 1 heterocycles. The Kier molecular flexibility index (Phi) is 6.32. The number of nitrogens with one attached hydrogen (secondary N) is 2. The van der Waals surface area contributed by atoms with E-state index in [-0.39, 0.29) is 23.3 Å². The molecule has 0 saturated carbocycles. The zero-order valence-corrected chi connectivity index (χ0v) is 18.7. The Morgan fingerprint density at radius 2 is 1.86 bits per heavy atom. The molecule has 1 aliphatic carbocycles. The molecule has 5 nitrogen and oxygen atoms in total. The lowest BCUT2D eigenvalue weighted by Crippen LogP contribution is -2.24. The molecule has 0 unspecified atom stereocenters. The number of urea groups is 1. The molecule has 1 aromatic carbocycles. The van der Waals surface area contributed by atoms with Gasteiger partial charge >= 0.3 is 12.0 Å². The van der Waals surface area contributed by atoms with Gasteiger partial charge in [-0.3, -0.25) is 5.32 Å². The zero-order valence-electron chi connectivity index (χ0n) is 17.8. The van der Waals surface area contributed by atoms with Gasteiger partial charge < -0.3 is 10.1 Å². The summed E-state index contributed by atoms with van der Waals surface area (Å²) in [6.45, 7) is 10.8. The largest absolute Gasteiger partial charge is 0.462 e. The molecule has 1 aromatic heterocycles. The molecule has 3 rings (SSSR count). The number of amides is 2. The Labute approximate surface area is 176 Å². The molecule has 29 heavy (non-hydrogen) atoms. The highest BCUT2D eigenvalue weighted by Gasteiger charge is 2.33. The van der Waals surface area contributed by atoms with Crippen molar-refractivity contribution in [1.82, 2.24) is 0 Å². The van der Waals surface area contributed by atoms with Gasteiger partial charge in [-0.05, 0) is 55.2 Å². The first-order chi connectivity index (χ1) is 13.6. The van der Waals surface area contributed by atoms with Crippen LogP contribution < -0.4 is 10.6 Å². The fraction of sp³-hybridized carbons (Fsp3) is 0.478. The van der Waals surface area contributed by atoms with Gasteiger partial charge in [0.25, 0.3) is 0 Å². The maximum atomic E-state index is 12.9. The van der Waals surface area contributed by atoms with Gasteiger partial charge in [0.15, 0.2) is 0 Å². The number of thiophene rings is 1. The number of hydrogen-bond donors (Lipinski definition) is 2. The van der Waals surface area contributed by atoms with Gasteiger partial charge in [0.05, 0.1) is 12.2 Å². The number of esters is 1. The number of carbonyl (C=O) groups is 2. The summed E-state index contributed by atoms with van der Waals surface area (Å²) >= 11 is 1.49. The standard InChI is InChI=1S/C23H30N2O3S/c1-14(2)13-28-21(26)19-17-12-23(4,5)11-10-18(17)29-20(19)25-22(27)24-16-8-6-15(3)7-9-16/h6-9,14H,10-13H2,1-5H3,(H2,24,25,27). The third-order valence-corrected chi connectivity index (χ3v) is 6.27. The summed E-state index contributed by atoms with van der Waals surface area (Å²) in [5.74, 6) is -0.0920. The molecule has 2 aromatic rings.